The zero-order valence-corrected chi connectivity index (χ0v) is 16.1. The fourth-order valence-corrected chi connectivity index (χ4v) is 3.64. The van der Waals surface area contributed by atoms with Gasteiger partial charge in [-0.05, 0) is 66.1 Å². The van der Waals surface area contributed by atoms with E-state index in [0.717, 1.165) is 19.3 Å². The summed E-state index contributed by atoms with van der Waals surface area (Å²) < 4.78 is 4.95. The molecular weight excluding hydrogens is 314 g/mol. The highest BCUT2D eigenvalue weighted by Crippen LogP contribution is 2.39. The zero-order valence-electron chi connectivity index (χ0n) is 15.3. The number of ether oxygens (including phenoxy) is 1. The minimum Gasteiger partial charge on any atom is -0.466 e. The lowest BCUT2D eigenvalue weighted by Gasteiger charge is -2.52. The molecule has 0 bridgehead atoms. The molecular formula is C17H31NO4S. The fourth-order valence-electron chi connectivity index (χ4n) is 3.22. The van der Waals surface area contributed by atoms with Crippen LogP contribution < -0.4 is 0 Å². The maximum atomic E-state index is 12.2. The SMILES string of the molecule is CSC(=O)[C@@H](CCCOC(C)=O)ON1C(C)(C)CCCC1(C)C. The summed E-state index contributed by atoms with van der Waals surface area (Å²) >= 11 is 1.19. The quantitative estimate of drug-likeness (QED) is 0.519. The topological polar surface area (TPSA) is 55.8 Å². The van der Waals surface area contributed by atoms with Crippen LogP contribution in [0.25, 0.3) is 0 Å². The van der Waals surface area contributed by atoms with Crippen molar-refractivity contribution in [2.75, 3.05) is 12.9 Å². The second kappa shape index (κ2) is 8.49. The van der Waals surface area contributed by atoms with Gasteiger partial charge in [0.2, 0.25) is 5.12 Å². The van der Waals surface area contributed by atoms with Crippen molar-refractivity contribution in [2.24, 2.45) is 0 Å². The summed E-state index contributed by atoms with van der Waals surface area (Å²) in [7, 11) is 0. The van der Waals surface area contributed by atoms with Crippen molar-refractivity contribution in [3.8, 4) is 0 Å². The Kier molecular flexibility index (Phi) is 7.55. The Balaban J connectivity index is 2.74. The average molecular weight is 346 g/mol. The molecule has 0 spiro atoms. The summed E-state index contributed by atoms with van der Waals surface area (Å²) in [5, 5.41) is 2.04. The van der Waals surface area contributed by atoms with E-state index in [1.165, 1.54) is 18.7 Å². The van der Waals surface area contributed by atoms with Crippen molar-refractivity contribution in [2.45, 2.75) is 83.9 Å². The predicted molar refractivity (Wildman–Crippen MR) is 93.1 cm³/mol. The highest BCUT2D eigenvalue weighted by molar-refractivity contribution is 8.13. The molecule has 0 saturated carbocycles. The molecule has 1 rings (SSSR count). The number of piperidine rings is 1. The second-order valence-corrected chi connectivity index (χ2v) is 8.18. The van der Waals surface area contributed by atoms with Crippen LogP contribution in [0.5, 0.6) is 0 Å². The second-order valence-electron chi connectivity index (χ2n) is 7.37. The van der Waals surface area contributed by atoms with Gasteiger partial charge in [0.1, 0.15) is 6.10 Å². The number of carbonyl (C=O) groups excluding carboxylic acids is 2. The summed E-state index contributed by atoms with van der Waals surface area (Å²) in [6.07, 6.45) is 5.69. The van der Waals surface area contributed by atoms with E-state index in [0.29, 0.717) is 19.4 Å². The molecule has 1 fully saturated rings. The lowest BCUT2D eigenvalue weighted by molar-refractivity contribution is -0.298. The van der Waals surface area contributed by atoms with Crippen molar-refractivity contribution >= 4 is 22.8 Å². The van der Waals surface area contributed by atoms with E-state index in [2.05, 4.69) is 27.7 Å². The number of hydrogen-bond donors (Lipinski definition) is 0. The summed E-state index contributed by atoms with van der Waals surface area (Å²) in [5.41, 5.74) is -0.205. The lowest BCUT2D eigenvalue weighted by atomic mass is 9.82. The van der Waals surface area contributed by atoms with Gasteiger partial charge in [0, 0.05) is 18.0 Å². The first-order valence-electron chi connectivity index (χ1n) is 8.28. The molecule has 0 aliphatic carbocycles. The number of thioether (sulfide) groups is 1. The van der Waals surface area contributed by atoms with Gasteiger partial charge in [-0.15, -0.1) is 0 Å². The number of hydrogen-bond acceptors (Lipinski definition) is 6. The summed E-state index contributed by atoms with van der Waals surface area (Å²) in [6, 6.07) is 0. The average Bonchev–Trinajstić information content (AvgIpc) is 2.43. The van der Waals surface area contributed by atoms with Crippen molar-refractivity contribution in [3.63, 3.8) is 0 Å². The number of nitrogens with zero attached hydrogens (tertiary/aromatic N) is 1. The summed E-state index contributed by atoms with van der Waals surface area (Å²) in [6.45, 7) is 10.4. The van der Waals surface area contributed by atoms with Gasteiger partial charge in [0.05, 0.1) is 6.61 Å². The highest BCUT2D eigenvalue weighted by Gasteiger charge is 2.44. The smallest absolute Gasteiger partial charge is 0.302 e. The summed E-state index contributed by atoms with van der Waals surface area (Å²) in [4.78, 5) is 29.3. The Bertz CT molecular complexity index is 407. The first-order chi connectivity index (χ1) is 10.6. The van der Waals surface area contributed by atoms with Crippen molar-refractivity contribution in [3.05, 3.63) is 0 Å². The Hall–Kier alpha value is -0.590. The predicted octanol–water partition coefficient (Wildman–Crippen LogP) is 3.56. The molecule has 23 heavy (non-hydrogen) atoms. The molecule has 0 amide bonds. The van der Waals surface area contributed by atoms with Gasteiger partial charge < -0.3 is 4.74 Å². The van der Waals surface area contributed by atoms with E-state index in [1.54, 1.807) is 6.26 Å². The molecule has 0 N–H and O–H groups in total. The molecule has 1 heterocycles. The molecule has 0 unspecified atom stereocenters. The first kappa shape index (κ1) is 20.5. The van der Waals surface area contributed by atoms with Crippen molar-refractivity contribution in [1.29, 1.82) is 0 Å². The molecule has 1 aliphatic rings. The molecule has 1 saturated heterocycles. The molecule has 0 aromatic carbocycles. The standard InChI is InChI=1S/C17H31NO4S/c1-13(19)21-12-7-9-14(15(20)23-6)22-18-16(2,3)10-8-11-17(18,4)5/h14H,7-12H2,1-6H3/t14-/m1/s1. The third-order valence-electron chi connectivity index (χ3n) is 4.29. The van der Waals surface area contributed by atoms with Crippen LogP contribution in [0, 0.1) is 0 Å². The van der Waals surface area contributed by atoms with Gasteiger partial charge in [-0.25, -0.2) is 0 Å². The maximum absolute atomic E-state index is 12.2. The Labute approximate surface area is 144 Å². The summed E-state index contributed by atoms with van der Waals surface area (Å²) in [5.74, 6) is -0.294. The third kappa shape index (κ3) is 6.08. The largest absolute Gasteiger partial charge is 0.466 e. The van der Waals surface area contributed by atoms with Crippen LogP contribution in [0.15, 0.2) is 0 Å². The monoisotopic (exact) mass is 345 g/mol. The van der Waals surface area contributed by atoms with E-state index in [9.17, 15) is 9.59 Å². The maximum Gasteiger partial charge on any atom is 0.302 e. The van der Waals surface area contributed by atoms with E-state index >= 15 is 0 Å². The van der Waals surface area contributed by atoms with Crippen LogP contribution in [-0.4, -0.2) is 46.2 Å². The molecule has 1 aliphatic heterocycles. The Morgan fingerprint density at radius 1 is 1.17 bits per heavy atom. The third-order valence-corrected chi connectivity index (χ3v) is 4.95. The molecule has 134 valence electrons. The molecule has 0 aromatic rings. The number of hydroxylamine groups is 2. The van der Waals surface area contributed by atoms with Crippen molar-refractivity contribution in [1.82, 2.24) is 5.06 Å². The molecule has 0 radical (unpaired) electrons. The number of rotatable bonds is 7. The molecule has 0 aromatic heterocycles. The van der Waals surface area contributed by atoms with E-state index < -0.39 is 6.10 Å². The van der Waals surface area contributed by atoms with Gasteiger partial charge in [-0.1, -0.05) is 11.8 Å². The van der Waals surface area contributed by atoms with Gasteiger partial charge in [-0.2, -0.15) is 5.06 Å². The van der Waals surface area contributed by atoms with Crippen LogP contribution in [0.2, 0.25) is 0 Å². The van der Waals surface area contributed by atoms with Crippen LogP contribution in [0.3, 0.4) is 0 Å². The van der Waals surface area contributed by atoms with Gasteiger partial charge in [-0.3, -0.25) is 14.4 Å². The van der Waals surface area contributed by atoms with Crippen LogP contribution >= 0.6 is 11.8 Å². The fraction of sp³-hybridized carbons (Fsp3) is 0.882. The van der Waals surface area contributed by atoms with Gasteiger partial charge >= 0.3 is 5.97 Å². The molecule has 6 heteroatoms. The van der Waals surface area contributed by atoms with Crippen molar-refractivity contribution < 1.29 is 19.2 Å². The Morgan fingerprint density at radius 2 is 1.74 bits per heavy atom. The minimum atomic E-state index is -0.503. The zero-order chi connectivity index (χ0) is 17.7. The minimum absolute atomic E-state index is 0.0185. The normalized spacial score (nSPS) is 21.7. The molecule has 5 nitrogen and oxygen atoms in total. The van der Waals surface area contributed by atoms with E-state index in [-0.39, 0.29) is 22.2 Å². The number of carbonyl (C=O) groups is 2. The highest BCUT2D eigenvalue weighted by atomic mass is 32.2. The van der Waals surface area contributed by atoms with Crippen LogP contribution in [0.4, 0.5) is 0 Å². The Morgan fingerprint density at radius 3 is 2.22 bits per heavy atom. The molecule has 1 atom stereocenters. The number of esters is 1. The lowest BCUT2D eigenvalue weighted by Crippen LogP contribution is -2.59. The van der Waals surface area contributed by atoms with E-state index in [4.69, 9.17) is 9.57 Å². The van der Waals surface area contributed by atoms with E-state index in [1.807, 2.05) is 5.06 Å². The van der Waals surface area contributed by atoms with Crippen LogP contribution in [0.1, 0.15) is 66.7 Å². The van der Waals surface area contributed by atoms with Gasteiger partial charge in [0.25, 0.3) is 0 Å². The van der Waals surface area contributed by atoms with Gasteiger partial charge in [0.15, 0.2) is 0 Å². The first-order valence-corrected chi connectivity index (χ1v) is 9.51. The van der Waals surface area contributed by atoms with Crippen LogP contribution in [-0.2, 0) is 19.2 Å².